The van der Waals surface area contributed by atoms with Gasteiger partial charge in [-0.05, 0) is 25.3 Å². The summed E-state index contributed by atoms with van der Waals surface area (Å²) in [7, 11) is 0. The summed E-state index contributed by atoms with van der Waals surface area (Å²) in [5, 5.41) is 15.8. The zero-order valence-electron chi connectivity index (χ0n) is 10.1. The lowest BCUT2D eigenvalue weighted by molar-refractivity contribution is -0.143. The molecule has 1 amide bonds. The fourth-order valence-electron chi connectivity index (χ4n) is 2.36. The van der Waals surface area contributed by atoms with Gasteiger partial charge in [-0.1, -0.05) is 6.42 Å². The molecule has 98 valence electrons. The molecule has 1 aliphatic carbocycles. The number of aliphatic carboxylic acids is 1. The predicted molar refractivity (Wildman–Crippen MR) is 63.8 cm³/mol. The quantitative estimate of drug-likeness (QED) is 0.822. The molecule has 6 nitrogen and oxygen atoms in total. The molecule has 0 aromatic carbocycles. The van der Waals surface area contributed by atoms with Crippen molar-refractivity contribution in [1.29, 1.82) is 0 Å². The van der Waals surface area contributed by atoms with Crippen LogP contribution in [-0.4, -0.2) is 32.8 Å². The van der Waals surface area contributed by atoms with Crippen molar-refractivity contribution in [2.24, 2.45) is 5.92 Å². The molecule has 2 unspecified atom stereocenters. The van der Waals surface area contributed by atoms with Gasteiger partial charge in [-0.3, -0.25) is 14.3 Å². The van der Waals surface area contributed by atoms with E-state index < -0.39 is 5.97 Å². The first kappa shape index (κ1) is 12.6. The number of aromatic nitrogens is 2. The first-order valence-electron chi connectivity index (χ1n) is 6.15. The van der Waals surface area contributed by atoms with E-state index in [1.54, 1.807) is 23.1 Å². The Bertz CT molecular complexity index is 416. The third-order valence-electron chi connectivity index (χ3n) is 3.25. The van der Waals surface area contributed by atoms with Gasteiger partial charge in [0, 0.05) is 18.4 Å². The molecule has 0 aliphatic heterocycles. The number of hydrogen-bond donors (Lipinski definition) is 2. The summed E-state index contributed by atoms with van der Waals surface area (Å²) in [6.07, 6.45) is 6.29. The Kier molecular flexibility index (Phi) is 3.96. The van der Waals surface area contributed by atoms with Crippen molar-refractivity contribution in [2.75, 3.05) is 0 Å². The van der Waals surface area contributed by atoms with E-state index in [0.717, 1.165) is 12.8 Å². The summed E-state index contributed by atoms with van der Waals surface area (Å²) in [6, 6.07) is 1.73. The largest absolute Gasteiger partial charge is 0.481 e. The number of amides is 1. The van der Waals surface area contributed by atoms with E-state index in [1.165, 1.54) is 0 Å². The molecule has 1 aromatic heterocycles. The third kappa shape index (κ3) is 3.32. The lowest BCUT2D eigenvalue weighted by Crippen LogP contribution is -2.41. The number of carbonyl (C=O) groups is 2. The van der Waals surface area contributed by atoms with Crippen molar-refractivity contribution >= 4 is 11.9 Å². The molecule has 0 spiro atoms. The summed E-state index contributed by atoms with van der Waals surface area (Å²) in [6.45, 7) is 0.182. The van der Waals surface area contributed by atoms with Crippen LogP contribution in [0.25, 0.3) is 0 Å². The van der Waals surface area contributed by atoms with Crippen LogP contribution in [0.4, 0.5) is 0 Å². The van der Waals surface area contributed by atoms with Crippen molar-refractivity contribution in [3.05, 3.63) is 18.5 Å². The van der Waals surface area contributed by atoms with Gasteiger partial charge >= 0.3 is 5.97 Å². The normalized spacial score (nSPS) is 23.6. The molecule has 0 radical (unpaired) electrons. The second-order valence-electron chi connectivity index (χ2n) is 4.67. The fourth-order valence-corrected chi connectivity index (χ4v) is 2.36. The van der Waals surface area contributed by atoms with Gasteiger partial charge in [0.05, 0.1) is 5.92 Å². The second kappa shape index (κ2) is 5.66. The summed E-state index contributed by atoms with van der Waals surface area (Å²) < 4.78 is 1.55. The molecule has 1 aromatic rings. The van der Waals surface area contributed by atoms with E-state index in [4.69, 9.17) is 5.11 Å². The molecular weight excluding hydrogens is 234 g/mol. The zero-order valence-corrected chi connectivity index (χ0v) is 10.1. The van der Waals surface area contributed by atoms with Crippen molar-refractivity contribution in [3.8, 4) is 0 Å². The Morgan fingerprint density at radius 2 is 2.28 bits per heavy atom. The Morgan fingerprint density at radius 3 is 2.94 bits per heavy atom. The molecule has 6 heteroatoms. The third-order valence-corrected chi connectivity index (χ3v) is 3.25. The van der Waals surface area contributed by atoms with Crippen LogP contribution in [0.5, 0.6) is 0 Å². The maximum absolute atomic E-state index is 11.7. The average molecular weight is 251 g/mol. The first-order chi connectivity index (χ1) is 8.65. The summed E-state index contributed by atoms with van der Waals surface area (Å²) in [5.41, 5.74) is 0. The summed E-state index contributed by atoms with van der Waals surface area (Å²) in [5.74, 6) is -1.20. The van der Waals surface area contributed by atoms with Gasteiger partial charge in [0.25, 0.3) is 0 Å². The van der Waals surface area contributed by atoms with E-state index in [1.807, 2.05) is 0 Å². The predicted octanol–water partition coefficient (Wildman–Crippen LogP) is 0.643. The molecule has 1 fully saturated rings. The number of carboxylic acids is 1. The lowest BCUT2D eigenvalue weighted by Gasteiger charge is -2.27. The highest BCUT2D eigenvalue weighted by Gasteiger charge is 2.27. The van der Waals surface area contributed by atoms with Crippen molar-refractivity contribution in [3.63, 3.8) is 0 Å². The van der Waals surface area contributed by atoms with Gasteiger partial charge < -0.3 is 10.4 Å². The molecule has 2 N–H and O–H groups in total. The van der Waals surface area contributed by atoms with Crippen LogP contribution in [0.15, 0.2) is 18.5 Å². The highest BCUT2D eigenvalue weighted by molar-refractivity contribution is 5.76. The van der Waals surface area contributed by atoms with E-state index in [0.29, 0.717) is 12.8 Å². The van der Waals surface area contributed by atoms with Gasteiger partial charge in [-0.2, -0.15) is 5.10 Å². The van der Waals surface area contributed by atoms with Gasteiger partial charge in [0.15, 0.2) is 0 Å². The van der Waals surface area contributed by atoms with Gasteiger partial charge in [0.2, 0.25) is 5.91 Å². The van der Waals surface area contributed by atoms with Crippen LogP contribution in [-0.2, 0) is 16.1 Å². The van der Waals surface area contributed by atoms with E-state index >= 15 is 0 Å². The van der Waals surface area contributed by atoms with Crippen LogP contribution in [0.2, 0.25) is 0 Å². The molecule has 2 atom stereocenters. The fraction of sp³-hybridized carbons (Fsp3) is 0.583. The number of nitrogens with one attached hydrogen (secondary N) is 1. The monoisotopic (exact) mass is 251 g/mol. The molecule has 18 heavy (non-hydrogen) atoms. The van der Waals surface area contributed by atoms with Crippen LogP contribution < -0.4 is 5.32 Å². The van der Waals surface area contributed by atoms with E-state index in [2.05, 4.69) is 10.4 Å². The van der Waals surface area contributed by atoms with Crippen molar-refractivity contribution in [2.45, 2.75) is 38.3 Å². The molecule has 2 rings (SSSR count). The molecular formula is C12H17N3O3. The molecule has 1 aliphatic rings. The Labute approximate surface area is 105 Å². The number of rotatable bonds is 4. The molecule has 1 saturated carbocycles. The van der Waals surface area contributed by atoms with E-state index in [-0.39, 0.29) is 24.4 Å². The minimum Gasteiger partial charge on any atom is -0.481 e. The van der Waals surface area contributed by atoms with Gasteiger partial charge in [-0.15, -0.1) is 0 Å². The highest BCUT2D eigenvalue weighted by atomic mass is 16.4. The summed E-state index contributed by atoms with van der Waals surface area (Å²) >= 11 is 0. The minimum atomic E-state index is -0.763. The topological polar surface area (TPSA) is 84.2 Å². The number of hydrogen-bond acceptors (Lipinski definition) is 3. The average Bonchev–Trinajstić information content (AvgIpc) is 2.82. The Morgan fingerprint density at radius 1 is 1.44 bits per heavy atom. The Hall–Kier alpha value is -1.85. The van der Waals surface area contributed by atoms with Crippen LogP contribution in [0.1, 0.15) is 25.7 Å². The SMILES string of the molecule is O=C(Cn1cccn1)NC1CCCC(C(=O)O)C1. The molecule has 0 bridgehead atoms. The number of nitrogens with zero attached hydrogens (tertiary/aromatic N) is 2. The number of carboxylic acid groups (broad SMARTS) is 1. The first-order valence-corrected chi connectivity index (χ1v) is 6.15. The van der Waals surface area contributed by atoms with Crippen LogP contribution >= 0.6 is 0 Å². The highest BCUT2D eigenvalue weighted by Crippen LogP contribution is 2.24. The summed E-state index contributed by atoms with van der Waals surface area (Å²) in [4.78, 5) is 22.7. The zero-order chi connectivity index (χ0) is 13.0. The Balaban J connectivity index is 1.81. The lowest BCUT2D eigenvalue weighted by atomic mass is 9.86. The smallest absolute Gasteiger partial charge is 0.306 e. The van der Waals surface area contributed by atoms with E-state index in [9.17, 15) is 9.59 Å². The maximum atomic E-state index is 11.7. The number of carbonyl (C=O) groups excluding carboxylic acids is 1. The van der Waals surface area contributed by atoms with Gasteiger partial charge in [-0.25, -0.2) is 0 Å². The van der Waals surface area contributed by atoms with Crippen molar-refractivity contribution in [1.82, 2.24) is 15.1 Å². The maximum Gasteiger partial charge on any atom is 0.306 e. The van der Waals surface area contributed by atoms with Crippen molar-refractivity contribution < 1.29 is 14.7 Å². The standard InChI is InChI=1S/C12H17N3O3/c16-11(8-15-6-2-5-13-15)14-10-4-1-3-9(7-10)12(17)18/h2,5-6,9-10H,1,3-4,7-8H2,(H,14,16)(H,17,18). The molecule has 0 saturated heterocycles. The van der Waals surface area contributed by atoms with Crippen LogP contribution in [0.3, 0.4) is 0 Å². The van der Waals surface area contributed by atoms with Gasteiger partial charge in [0.1, 0.15) is 6.54 Å². The second-order valence-corrected chi connectivity index (χ2v) is 4.67. The molecule has 1 heterocycles. The minimum absolute atomic E-state index is 0.0251. The van der Waals surface area contributed by atoms with Crippen LogP contribution in [0, 0.1) is 5.92 Å².